The number of pyridine rings is 1. The Kier molecular flexibility index (Phi) is 8.39. The van der Waals surface area contributed by atoms with Crippen LogP contribution in [0.4, 0.5) is 10.2 Å². The Balaban J connectivity index is 0.000000505. The van der Waals surface area contributed by atoms with E-state index in [-0.39, 0.29) is 5.82 Å². The van der Waals surface area contributed by atoms with Crippen LogP contribution in [0.2, 0.25) is 0 Å². The number of hydrogen-bond donors (Lipinski definition) is 2. The summed E-state index contributed by atoms with van der Waals surface area (Å²) in [5.41, 5.74) is 2.69. The van der Waals surface area contributed by atoms with E-state index in [9.17, 15) is 4.39 Å². The van der Waals surface area contributed by atoms with E-state index in [1.54, 1.807) is 31.6 Å². The van der Waals surface area contributed by atoms with Crippen LogP contribution >= 0.6 is 0 Å². The van der Waals surface area contributed by atoms with Gasteiger partial charge in [0.15, 0.2) is 5.82 Å². The lowest BCUT2D eigenvalue weighted by Crippen LogP contribution is -2.46. The second-order valence-electron chi connectivity index (χ2n) is 8.46. The molecular formula is C27H26FN5O5. The summed E-state index contributed by atoms with van der Waals surface area (Å²) >= 11 is 0. The molecule has 2 N–H and O–H groups in total. The molecule has 0 radical (unpaired) electrons. The second-order valence-corrected chi connectivity index (χ2v) is 8.46. The molecule has 4 aromatic rings. The van der Waals surface area contributed by atoms with E-state index >= 15 is 0 Å². The molecule has 5 rings (SSSR count). The van der Waals surface area contributed by atoms with Gasteiger partial charge in [-0.25, -0.2) is 23.9 Å². The molecule has 196 valence electrons. The summed E-state index contributed by atoms with van der Waals surface area (Å²) in [4.78, 5) is 36.7. The molecule has 1 saturated heterocycles. The molecular weight excluding hydrogens is 493 g/mol. The summed E-state index contributed by atoms with van der Waals surface area (Å²) in [5, 5.41) is 15.8. The maximum atomic E-state index is 13.7. The maximum absolute atomic E-state index is 13.7. The molecule has 0 aliphatic carbocycles. The summed E-state index contributed by atoms with van der Waals surface area (Å²) in [5.74, 6) is -1.55. The highest BCUT2D eigenvalue weighted by Gasteiger charge is 2.22. The number of aliphatic carboxylic acids is 2. The summed E-state index contributed by atoms with van der Waals surface area (Å²) in [6.45, 7) is 4.00. The Morgan fingerprint density at radius 2 is 1.71 bits per heavy atom. The Labute approximate surface area is 218 Å². The number of carboxylic acids is 2. The predicted molar refractivity (Wildman–Crippen MR) is 138 cm³/mol. The number of rotatable bonds is 5. The van der Waals surface area contributed by atoms with Crippen LogP contribution in [0, 0.1) is 5.82 Å². The third-order valence-corrected chi connectivity index (χ3v) is 5.99. The molecule has 0 amide bonds. The van der Waals surface area contributed by atoms with Crippen molar-refractivity contribution < 1.29 is 28.9 Å². The smallest absolute Gasteiger partial charge is 0.414 e. The van der Waals surface area contributed by atoms with Crippen molar-refractivity contribution in [2.75, 3.05) is 38.2 Å². The number of carboxylic acid groups (broad SMARTS) is 2. The molecule has 1 fully saturated rings. The van der Waals surface area contributed by atoms with Crippen LogP contribution in [0.15, 0.2) is 67.0 Å². The van der Waals surface area contributed by atoms with Gasteiger partial charge in [0.25, 0.3) is 0 Å². The largest absolute Gasteiger partial charge is 0.496 e. The Morgan fingerprint density at radius 1 is 0.974 bits per heavy atom. The predicted octanol–water partition coefficient (Wildman–Crippen LogP) is 3.32. The van der Waals surface area contributed by atoms with E-state index < -0.39 is 11.9 Å². The van der Waals surface area contributed by atoms with Gasteiger partial charge in [-0.1, -0.05) is 12.1 Å². The van der Waals surface area contributed by atoms with E-state index in [1.165, 1.54) is 6.07 Å². The standard InChI is InChI=1S/C25H24FN5O.C2H2O4/c1-32-23-9-8-20(26)15-19(23)17-30-11-13-31(14-12-30)25-21-6-2-3-7-22(21)28-24(29-25)18-5-4-10-27-16-18;3-1(4)2(5)6/h2-10,15-16H,11-14,17H2,1H3;(H,3,4)(H,5,6). The van der Waals surface area contributed by atoms with Gasteiger partial charge in [0, 0.05) is 61.6 Å². The molecule has 0 bridgehead atoms. The second kappa shape index (κ2) is 12.1. The van der Waals surface area contributed by atoms with Crippen molar-refractivity contribution in [3.8, 4) is 17.1 Å². The van der Waals surface area contributed by atoms with Crippen molar-refractivity contribution in [2.24, 2.45) is 0 Å². The van der Waals surface area contributed by atoms with Gasteiger partial charge in [-0.2, -0.15) is 0 Å². The van der Waals surface area contributed by atoms with Crippen molar-refractivity contribution in [3.05, 3.63) is 78.4 Å². The van der Waals surface area contributed by atoms with Crippen LogP contribution < -0.4 is 9.64 Å². The first kappa shape index (κ1) is 26.4. The van der Waals surface area contributed by atoms with Crippen molar-refractivity contribution in [2.45, 2.75) is 6.54 Å². The number of carbonyl (C=O) groups is 2. The number of aromatic nitrogens is 3. The highest BCUT2D eigenvalue weighted by molar-refractivity contribution is 6.27. The van der Waals surface area contributed by atoms with Gasteiger partial charge in [-0.05, 0) is 42.5 Å². The van der Waals surface area contributed by atoms with Gasteiger partial charge in [0.1, 0.15) is 17.4 Å². The maximum Gasteiger partial charge on any atom is 0.414 e. The number of para-hydroxylation sites is 1. The number of benzene rings is 2. The zero-order valence-corrected chi connectivity index (χ0v) is 20.6. The molecule has 0 atom stereocenters. The fourth-order valence-corrected chi connectivity index (χ4v) is 4.15. The van der Waals surface area contributed by atoms with Gasteiger partial charge >= 0.3 is 11.9 Å². The molecule has 11 heteroatoms. The van der Waals surface area contributed by atoms with Gasteiger partial charge in [0.05, 0.1) is 12.6 Å². The van der Waals surface area contributed by atoms with Gasteiger partial charge in [-0.15, -0.1) is 0 Å². The number of ether oxygens (including phenoxy) is 1. The SMILES string of the molecule is COc1ccc(F)cc1CN1CCN(c2nc(-c3cccnc3)nc3ccccc23)CC1.O=C(O)C(=O)O. The van der Waals surface area contributed by atoms with E-state index in [2.05, 4.69) is 20.9 Å². The van der Waals surface area contributed by atoms with Gasteiger partial charge in [0.2, 0.25) is 0 Å². The molecule has 3 heterocycles. The molecule has 2 aromatic carbocycles. The van der Waals surface area contributed by atoms with Crippen LogP contribution in [0.5, 0.6) is 5.75 Å². The third-order valence-electron chi connectivity index (χ3n) is 5.99. The molecule has 38 heavy (non-hydrogen) atoms. The normalized spacial score (nSPS) is 13.5. The van der Waals surface area contributed by atoms with E-state index in [0.717, 1.165) is 59.8 Å². The van der Waals surface area contributed by atoms with Crippen LogP contribution in [-0.2, 0) is 16.1 Å². The molecule has 0 unspecified atom stereocenters. The van der Waals surface area contributed by atoms with Crippen LogP contribution in [-0.4, -0.2) is 75.3 Å². The van der Waals surface area contributed by atoms with Crippen LogP contribution in [0.1, 0.15) is 5.56 Å². The zero-order chi connectivity index (χ0) is 27.1. The highest BCUT2D eigenvalue weighted by Crippen LogP contribution is 2.29. The van der Waals surface area contributed by atoms with Gasteiger partial charge in [-0.3, -0.25) is 9.88 Å². The minimum atomic E-state index is -1.82. The summed E-state index contributed by atoms with van der Waals surface area (Å²) in [6.07, 6.45) is 3.54. The zero-order valence-electron chi connectivity index (χ0n) is 20.6. The topological polar surface area (TPSA) is 129 Å². The lowest BCUT2D eigenvalue weighted by atomic mass is 10.1. The fraction of sp³-hybridized carbons (Fsp3) is 0.222. The molecule has 2 aromatic heterocycles. The van der Waals surface area contributed by atoms with Crippen LogP contribution in [0.3, 0.4) is 0 Å². The van der Waals surface area contributed by atoms with Crippen molar-refractivity contribution in [1.29, 1.82) is 0 Å². The summed E-state index contributed by atoms with van der Waals surface area (Å²) < 4.78 is 19.2. The summed E-state index contributed by atoms with van der Waals surface area (Å²) in [7, 11) is 1.62. The quantitative estimate of drug-likeness (QED) is 0.379. The lowest BCUT2D eigenvalue weighted by Gasteiger charge is -2.36. The number of halogens is 1. The number of anilines is 1. The number of fused-ring (bicyclic) bond motifs is 1. The lowest BCUT2D eigenvalue weighted by molar-refractivity contribution is -0.159. The fourth-order valence-electron chi connectivity index (χ4n) is 4.15. The number of hydrogen-bond acceptors (Lipinski definition) is 8. The highest BCUT2D eigenvalue weighted by atomic mass is 19.1. The number of piperazine rings is 1. The molecule has 10 nitrogen and oxygen atoms in total. The van der Waals surface area contributed by atoms with Crippen molar-refractivity contribution >= 4 is 28.7 Å². The van der Waals surface area contributed by atoms with Crippen LogP contribution in [0.25, 0.3) is 22.3 Å². The third kappa shape index (κ3) is 6.37. The van der Waals surface area contributed by atoms with Gasteiger partial charge < -0.3 is 19.8 Å². The molecule has 1 aliphatic heterocycles. The number of methoxy groups -OCH3 is 1. The molecule has 1 aliphatic rings. The Bertz CT molecular complexity index is 1420. The monoisotopic (exact) mass is 519 g/mol. The first-order chi connectivity index (χ1) is 18.4. The minimum Gasteiger partial charge on any atom is -0.496 e. The first-order valence-corrected chi connectivity index (χ1v) is 11.8. The molecule has 0 saturated carbocycles. The average molecular weight is 520 g/mol. The first-order valence-electron chi connectivity index (χ1n) is 11.8. The van der Waals surface area contributed by atoms with Crippen molar-refractivity contribution in [1.82, 2.24) is 19.9 Å². The Hall–Kier alpha value is -4.64. The van der Waals surface area contributed by atoms with Crippen molar-refractivity contribution in [3.63, 3.8) is 0 Å². The number of nitrogens with zero attached hydrogens (tertiary/aromatic N) is 5. The van der Waals surface area contributed by atoms with E-state index in [4.69, 9.17) is 34.5 Å². The van der Waals surface area contributed by atoms with E-state index in [0.29, 0.717) is 12.4 Å². The van der Waals surface area contributed by atoms with E-state index in [1.807, 2.05) is 30.3 Å². The average Bonchev–Trinajstić information content (AvgIpc) is 2.94. The Morgan fingerprint density at radius 3 is 2.37 bits per heavy atom. The molecule has 0 spiro atoms. The summed E-state index contributed by atoms with van der Waals surface area (Å²) in [6, 6.07) is 16.7. The minimum absolute atomic E-state index is 0.241.